The molecule has 1 aliphatic heterocycles. The quantitative estimate of drug-likeness (QED) is 0.241. The molecule has 190 valence electrons. The van der Waals surface area contributed by atoms with Crippen LogP contribution in [0, 0.1) is 0 Å². The lowest BCUT2D eigenvalue weighted by atomic mass is 9.89. The summed E-state index contributed by atoms with van der Waals surface area (Å²) in [6.45, 7) is 5.81. The van der Waals surface area contributed by atoms with Crippen molar-refractivity contribution in [2.24, 2.45) is 0 Å². The van der Waals surface area contributed by atoms with E-state index in [1.165, 1.54) is 49.9 Å². The molecule has 2 aliphatic rings. The Morgan fingerprint density at radius 1 is 0.795 bits per heavy atom. The van der Waals surface area contributed by atoms with Gasteiger partial charge in [0.05, 0.1) is 16.7 Å². The first kappa shape index (κ1) is 22.5. The maximum Gasteiger partial charge on any atom is 0.138 e. The number of pyridine rings is 2. The monoisotopic (exact) mass is 506 g/mol. The van der Waals surface area contributed by atoms with E-state index in [-0.39, 0.29) is 0 Å². The van der Waals surface area contributed by atoms with Crippen molar-refractivity contribution >= 4 is 33.2 Å². The Morgan fingerprint density at radius 3 is 2.51 bits per heavy atom. The summed E-state index contributed by atoms with van der Waals surface area (Å²) in [5, 5.41) is 2.81. The Balaban J connectivity index is 1.47. The third-order valence-corrected chi connectivity index (χ3v) is 8.79. The van der Waals surface area contributed by atoms with Crippen LogP contribution < -0.4 is 4.90 Å². The molecule has 3 aromatic heterocycles. The van der Waals surface area contributed by atoms with Crippen molar-refractivity contribution in [3.05, 3.63) is 114 Å². The van der Waals surface area contributed by atoms with E-state index in [1.807, 2.05) is 18.5 Å². The second kappa shape index (κ2) is 8.54. The van der Waals surface area contributed by atoms with Crippen LogP contribution in [0.3, 0.4) is 0 Å². The molecule has 4 heteroatoms. The van der Waals surface area contributed by atoms with E-state index in [4.69, 9.17) is 4.98 Å². The van der Waals surface area contributed by atoms with Crippen LogP contribution in [0.15, 0.2) is 97.3 Å². The molecule has 39 heavy (non-hydrogen) atoms. The van der Waals surface area contributed by atoms with E-state index in [0.717, 1.165) is 36.5 Å². The molecule has 0 bridgehead atoms. The largest absolute Gasteiger partial charge is 0.340 e. The number of hydrogen-bond acceptors (Lipinski definition) is 3. The molecule has 0 saturated carbocycles. The maximum absolute atomic E-state index is 5.20. The zero-order valence-electron chi connectivity index (χ0n) is 22.3. The van der Waals surface area contributed by atoms with Gasteiger partial charge in [-0.2, -0.15) is 0 Å². The number of para-hydroxylation sites is 1. The molecule has 0 fully saturated rings. The van der Waals surface area contributed by atoms with Crippen molar-refractivity contribution in [2.75, 3.05) is 11.4 Å². The molecule has 0 spiro atoms. The number of benzene rings is 3. The summed E-state index contributed by atoms with van der Waals surface area (Å²) < 4.78 is 2.41. The first-order valence-electron chi connectivity index (χ1n) is 14.0. The lowest BCUT2D eigenvalue weighted by Crippen LogP contribution is -2.16. The smallest absolute Gasteiger partial charge is 0.138 e. The van der Waals surface area contributed by atoms with Crippen molar-refractivity contribution < 1.29 is 0 Å². The van der Waals surface area contributed by atoms with Gasteiger partial charge in [-0.15, -0.1) is 0 Å². The van der Waals surface area contributed by atoms with Gasteiger partial charge >= 0.3 is 0 Å². The predicted octanol–water partition coefficient (Wildman–Crippen LogP) is 8.55. The standard InChI is InChI=1S/C35H30N4/c1-22-16-17-24-9-6-14-29-33(24)34-30(39(29)31-15-7-13-28(37-31)25-10-8-18-36-20-25)19-27-23(2)21-38(35(27)32(22)34)26-11-4-3-5-12-26/h3-15,18-20,22-23H,16-17,21H2,1-2H3. The minimum atomic E-state index is 0.442. The Hall–Kier alpha value is -4.44. The van der Waals surface area contributed by atoms with Crippen molar-refractivity contribution in [3.8, 4) is 17.1 Å². The van der Waals surface area contributed by atoms with Gasteiger partial charge in [-0.1, -0.05) is 50.2 Å². The normalized spacial score (nSPS) is 18.2. The predicted molar refractivity (Wildman–Crippen MR) is 160 cm³/mol. The highest BCUT2D eigenvalue weighted by Crippen LogP contribution is 2.53. The van der Waals surface area contributed by atoms with Gasteiger partial charge < -0.3 is 4.90 Å². The molecule has 4 nitrogen and oxygen atoms in total. The molecule has 0 N–H and O–H groups in total. The number of hydrogen-bond donors (Lipinski definition) is 0. The fourth-order valence-electron chi connectivity index (χ4n) is 6.99. The number of anilines is 2. The van der Waals surface area contributed by atoms with Crippen LogP contribution in [0.1, 0.15) is 48.8 Å². The summed E-state index contributed by atoms with van der Waals surface area (Å²) in [5.74, 6) is 1.86. The van der Waals surface area contributed by atoms with E-state index in [2.05, 4.69) is 107 Å². The SMILES string of the molecule is CC1CN(c2ccccc2)c2c1cc1c3c2C(C)CCc2cccc(c23)n1-c1cccc(-c2cccnc2)n1. The summed E-state index contributed by atoms with van der Waals surface area (Å²) in [5.41, 5.74) is 11.6. The lowest BCUT2D eigenvalue weighted by molar-refractivity contribution is 0.690. The number of aryl methyl sites for hydroxylation is 1. The van der Waals surface area contributed by atoms with E-state index >= 15 is 0 Å². The van der Waals surface area contributed by atoms with Gasteiger partial charge in [0.2, 0.25) is 0 Å². The van der Waals surface area contributed by atoms with Crippen molar-refractivity contribution in [1.29, 1.82) is 0 Å². The highest BCUT2D eigenvalue weighted by atomic mass is 15.2. The fraction of sp³-hybridized carbons (Fsp3) is 0.200. The summed E-state index contributed by atoms with van der Waals surface area (Å²) in [6.07, 6.45) is 5.95. The second-order valence-corrected chi connectivity index (χ2v) is 11.2. The summed E-state index contributed by atoms with van der Waals surface area (Å²) in [7, 11) is 0. The molecule has 2 atom stereocenters. The molecule has 0 radical (unpaired) electrons. The van der Waals surface area contributed by atoms with Crippen LogP contribution in [0.4, 0.5) is 11.4 Å². The van der Waals surface area contributed by atoms with Crippen LogP contribution in [-0.2, 0) is 6.42 Å². The van der Waals surface area contributed by atoms with Gasteiger partial charge in [-0.25, -0.2) is 4.98 Å². The first-order valence-corrected chi connectivity index (χ1v) is 14.0. The summed E-state index contributed by atoms with van der Waals surface area (Å²) in [4.78, 5) is 12.1. The third-order valence-electron chi connectivity index (χ3n) is 8.79. The molecule has 0 amide bonds. The molecule has 8 rings (SSSR count). The molecule has 1 aliphatic carbocycles. The Kier molecular flexibility index (Phi) is 4.93. The highest BCUT2D eigenvalue weighted by Gasteiger charge is 2.35. The van der Waals surface area contributed by atoms with Gasteiger partial charge in [0, 0.05) is 52.6 Å². The zero-order chi connectivity index (χ0) is 26.1. The number of nitrogens with zero attached hydrogens (tertiary/aromatic N) is 4. The van der Waals surface area contributed by atoms with Crippen molar-refractivity contribution in [3.63, 3.8) is 0 Å². The molecule has 4 heterocycles. The van der Waals surface area contributed by atoms with Crippen LogP contribution in [0.5, 0.6) is 0 Å². The first-order chi connectivity index (χ1) is 19.2. The van der Waals surface area contributed by atoms with Crippen LogP contribution >= 0.6 is 0 Å². The molecular formula is C35H30N4. The number of fused-ring (bicyclic) bond motifs is 2. The Labute approximate surface area is 228 Å². The van der Waals surface area contributed by atoms with E-state index in [0.29, 0.717) is 11.8 Å². The average molecular weight is 507 g/mol. The van der Waals surface area contributed by atoms with E-state index in [9.17, 15) is 0 Å². The third kappa shape index (κ3) is 3.31. The average Bonchev–Trinajstić information content (AvgIpc) is 3.45. The number of aromatic nitrogens is 3. The van der Waals surface area contributed by atoms with Gasteiger partial charge in [-0.3, -0.25) is 9.55 Å². The van der Waals surface area contributed by atoms with Crippen LogP contribution in [0.2, 0.25) is 0 Å². The van der Waals surface area contributed by atoms with Crippen LogP contribution in [-0.4, -0.2) is 21.1 Å². The molecular weight excluding hydrogens is 476 g/mol. The molecule has 6 aromatic rings. The maximum atomic E-state index is 5.20. The van der Waals surface area contributed by atoms with Gasteiger partial charge in [0.15, 0.2) is 0 Å². The Bertz CT molecular complexity index is 1870. The summed E-state index contributed by atoms with van der Waals surface area (Å²) >= 11 is 0. The van der Waals surface area contributed by atoms with Gasteiger partial charge in [-0.05, 0) is 84.0 Å². The minimum Gasteiger partial charge on any atom is -0.340 e. The van der Waals surface area contributed by atoms with Crippen molar-refractivity contribution in [2.45, 2.75) is 38.5 Å². The Morgan fingerprint density at radius 2 is 1.67 bits per heavy atom. The molecule has 0 saturated heterocycles. The van der Waals surface area contributed by atoms with Crippen molar-refractivity contribution in [1.82, 2.24) is 14.5 Å². The minimum absolute atomic E-state index is 0.442. The van der Waals surface area contributed by atoms with Crippen LogP contribution in [0.25, 0.3) is 38.9 Å². The second-order valence-electron chi connectivity index (χ2n) is 11.2. The van der Waals surface area contributed by atoms with Gasteiger partial charge in [0.25, 0.3) is 0 Å². The lowest BCUT2D eigenvalue weighted by Gasteiger charge is -2.25. The fourth-order valence-corrected chi connectivity index (χ4v) is 6.99. The highest BCUT2D eigenvalue weighted by molar-refractivity contribution is 6.15. The molecule has 3 aromatic carbocycles. The van der Waals surface area contributed by atoms with E-state index < -0.39 is 0 Å². The van der Waals surface area contributed by atoms with E-state index in [1.54, 1.807) is 0 Å². The summed E-state index contributed by atoms with van der Waals surface area (Å²) in [6, 6.07) is 30.6. The number of rotatable bonds is 3. The molecule has 2 unspecified atom stereocenters. The zero-order valence-corrected chi connectivity index (χ0v) is 22.3. The van der Waals surface area contributed by atoms with Gasteiger partial charge in [0.1, 0.15) is 5.82 Å². The topological polar surface area (TPSA) is 34.0 Å².